The lowest BCUT2D eigenvalue weighted by molar-refractivity contribution is -0.155. The minimum atomic E-state index is -0.444. The Morgan fingerprint density at radius 1 is 1.00 bits per heavy atom. The van der Waals surface area contributed by atoms with Gasteiger partial charge in [0.25, 0.3) is 17.7 Å². The van der Waals surface area contributed by atoms with E-state index >= 15 is 0 Å². The number of hydrogen-bond acceptors (Lipinski definition) is 3. The molecule has 1 aliphatic carbocycles. The highest BCUT2D eigenvalue weighted by Gasteiger charge is 2.52. The predicted octanol–water partition coefficient (Wildman–Crippen LogP) is 4.97. The van der Waals surface area contributed by atoms with E-state index in [0.717, 1.165) is 11.4 Å². The van der Waals surface area contributed by atoms with Crippen LogP contribution in [0.15, 0.2) is 48.5 Å². The maximum absolute atomic E-state index is 13.4. The third kappa shape index (κ3) is 3.84. The summed E-state index contributed by atoms with van der Waals surface area (Å²) in [6.07, 6.45) is 2.24. The Labute approximate surface area is 185 Å². The van der Waals surface area contributed by atoms with Gasteiger partial charge in [0.15, 0.2) is 0 Å². The van der Waals surface area contributed by atoms with Crippen LogP contribution in [0.4, 0.5) is 0 Å². The van der Waals surface area contributed by atoms with E-state index in [1.807, 2.05) is 0 Å². The molecule has 3 amide bonds. The first kappa shape index (κ1) is 20.9. The van der Waals surface area contributed by atoms with E-state index in [1.54, 1.807) is 48.5 Å². The molecule has 30 heavy (non-hydrogen) atoms. The lowest BCUT2D eigenvalue weighted by Gasteiger charge is -2.31. The van der Waals surface area contributed by atoms with Crippen LogP contribution in [0.5, 0.6) is 0 Å². The van der Waals surface area contributed by atoms with Crippen molar-refractivity contribution in [1.82, 2.24) is 10.0 Å². The summed E-state index contributed by atoms with van der Waals surface area (Å²) < 4.78 is 0. The first-order valence-corrected chi connectivity index (χ1v) is 10.8. The van der Waals surface area contributed by atoms with Gasteiger partial charge in [-0.3, -0.25) is 14.4 Å². The number of fused-ring (bicyclic) bond motifs is 1. The van der Waals surface area contributed by atoms with Crippen LogP contribution in [0, 0.1) is 17.8 Å². The Kier molecular flexibility index (Phi) is 5.85. The van der Waals surface area contributed by atoms with Crippen molar-refractivity contribution in [1.29, 1.82) is 0 Å². The number of benzene rings is 2. The third-order valence-corrected chi connectivity index (χ3v) is 6.63. The number of imide groups is 1. The molecular weight excluding hydrogens is 423 g/mol. The van der Waals surface area contributed by atoms with E-state index in [-0.39, 0.29) is 30.2 Å². The molecular formula is C23H22Cl2N2O3. The summed E-state index contributed by atoms with van der Waals surface area (Å²) in [4.78, 5) is 39.9. The molecule has 1 saturated heterocycles. The molecule has 0 unspecified atom stereocenters. The zero-order chi connectivity index (χ0) is 21.4. The number of rotatable bonds is 4. The molecule has 0 spiro atoms. The second-order valence-electron chi connectivity index (χ2n) is 8.08. The van der Waals surface area contributed by atoms with Crippen molar-refractivity contribution in [3.63, 3.8) is 0 Å². The smallest absolute Gasteiger partial charge is 0.272 e. The standard InChI is InChI=1S/C23H22Cl2N2O3/c1-14-6-11-18-19(12-14)23(30)27(22(18)29)26(13-16-4-2-3-5-20(16)25)21(28)15-7-9-17(24)10-8-15/h2-5,7-10,14,18-19H,6,11-13H2,1H3/t14-,18+,19+/m1/s1. The molecule has 7 heteroatoms. The van der Waals surface area contributed by atoms with Gasteiger partial charge in [0.1, 0.15) is 0 Å². The summed E-state index contributed by atoms with van der Waals surface area (Å²) in [7, 11) is 0. The van der Waals surface area contributed by atoms with Gasteiger partial charge in [-0.15, -0.1) is 0 Å². The van der Waals surface area contributed by atoms with E-state index in [0.29, 0.717) is 39.9 Å². The molecule has 156 valence electrons. The highest BCUT2D eigenvalue weighted by atomic mass is 35.5. The highest BCUT2D eigenvalue weighted by Crippen LogP contribution is 2.41. The van der Waals surface area contributed by atoms with Crippen molar-refractivity contribution >= 4 is 40.9 Å². The minimum Gasteiger partial charge on any atom is -0.272 e. The minimum absolute atomic E-state index is 0.0214. The first-order valence-electron chi connectivity index (χ1n) is 10.1. The molecule has 1 heterocycles. The van der Waals surface area contributed by atoms with Crippen LogP contribution in [-0.2, 0) is 16.1 Å². The Morgan fingerprint density at radius 3 is 2.37 bits per heavy atom. The molecule has 2 fully saturated rings. The van der Waals surface area contributed by atoms with E-state index in [1.165, 1.54) is 5.01 Å². The van der Waals surface area contributed by atoms with Crippen LogP contribution >= 0.6 is 23.2 Å². The summed E-state index contributed by atoms with van der Waals surface area (Å²) >= 11 is 12.3. The summed E-state index contributed by atoms with van der Waals surface area (Å²) in [6.45, 7) is 2.12. The fourth-order valence-electron chi connectivity index (χ4n) is 4.37. The first-order chi connectivity index (χ1) is 14.4. The largest absolute Gasteiger partial charge is 0.273 e. The van der Waals surface area contributed by atoms with Crippen LogP contribution in [0.25, 0.3) is 0 Å². The van der Waals surface area contributed by atoms with Gasteiger partial charge in [0, 0.05) is 15.6 Å². The van der Waals surface area contributed by atoms with Gasteiger partial charge in [0.05, 0.1) is 18.4 Å². The topological polar surface area (TPSA) is 57.7 Å². The fourth-order valence-corrected chi connectivity index (χ4v) is 4.69. The van der Waals surface area contributed by atoms with Crippen LogP contribution in [0.1, 0.15) is 42.1 Å². The van der Waals surface area contributed by atoms with Gasteiger partial charge in [-0.1, -0.05) is 48.3 Å². The van der Waals surface area contributed by atoms with Gasteiger partial charge in [-0.05, 0) is 61.1 Å². The number of carbonyl (C=O) groups is 3. The third-order valence-electron chi connectivity index (χ3n) is 6.01. The van der Waals surface area contributed by atoms with Crippen molar-refractivity contribution < 1.29 is 14.4 Å². The molecule has 4 rings (SSSR count). The molecule has 1 saturated carbocycles. The van der Waals surface area contributed by atoms with Gasteiger partial charge >= 0.3 is 0 Å². The van der Waals surface area contributed by atoms with E-state index in [4.69, 9.17) is 23.2 Å². The number of hydrogen-bond donors (Lipinski definition) is 0. The zero-order valence-corrected chi connectivity index (χ0v) is 18.1. The van der Waals surface area contributed by atoms with Crippen molar-refractivity contribution in [2.45, 2.75) is 32.7 Å². The molecule has 0 N–H and O–H groups in total. The van der Waals surface area contributed by atoms with E-state index < -0.39 is 5.91 Å². The number of amides is 3. The lowest BCUT2D eigenvalue weighted by Crippen LogP contribution is -2.49. The average Bonchev–Trinajstić information content (AvgIpc) is 2.97. The highest BCUT2D eigenvalue weighted by molar-refractivity contribution is 6.31. The number of nitrogens with zero attached hydrogens (tertiary/aromatic N) is 2. The number of hydrazine groups is 1. The predicted molar refractivity (Wildman–Crippen MR) is 115 cm³/mol. The lowest BCUT2D eigenvalue weighted by atomic mass is 9.76. The van der Waals surface area contributed by atoms with Crippen molar-refractivity contribution in [3.05, 3.63) is 69.7 Å². The summed E-state index contributed by atoms with van der Waals surface area (Å²) in [6, 6.07) is 13.5. The van der Waals surface area contributed by atoms with Gasteiger partial charge in [0.2, 0.25) is 0 Å². The summed E-state index contributed by atoms with van der Waals surface area (Å²) in [5, 5.41) is 3.26. The molecule has 0 bridgehead atoms. The van der Waals surface area contributed by atoms with Crippen molar-refractivity contribution in [3.8, 4) is 0 Å². The van der Waals surface area contributed by atoms with Crippen molar-refractivity contribution in [2.24, 2.45) is 17.8 Å². The summed E-state index contributed by atoms with van der Waals surface area (Å²) in [5.41, 5.74) is 1.00. The quantitative estimate of drug-likeness (QED) is 0.625. The molecule has 2 aliphatic rings. The van der Waals surface area contributed by atoms with Gasteiger partial charge in [-0.2, -0.15) is 5.01 Å². The van der Waals surface area contributed by atoms with Crippen LogP contribution < -0.4 is 0 Å². The van der Waals surface area contributed by atoms with E-state index in [9.17, 15) is 14.4 Å². The second-order valence-corrected chi connectivity index (χ2v) is 8.92. The van der Waals surface area contributed by atoms with Gasteiger partial charge in [-0.25, -0.2) is 5.01 Å². The van der Waals surface area contributed by atoms with E-state index in [2.05, 4.69) is 6.92 Å². The summed E-state index contributed by atoms with van der Waals surface area (Å²) in [5.74, 6) is -1.39. The molecule has 1 aliphatic heterocycles. The molecule has 2 aromatic carbocycles. The Balaban J connectivity index is 1.72. The Morgan fingerprint density at radius 2 is 1.67 bits per heavy atom. The van der Waals surface area contributed by atoms with Crippen LogP contribution in [0.3, 0.4) is 0 Å². The average molecular weight is 445 g/mol. The van der Waals surface area contributed by atoms with Crippen LogP contribution in [0.2, 0.25) is 10.0 Å². The molecule has 0 aromatic heterocycles. The van der Waals surface area contributed by atoms with Crippen LogP contribution in [-0.4, -0.2) is 27.7 Å². The maximum Gasteiger partial charge on any atom is 0.273 e. The second kappa shape index (κ2) is 8.40. The van der Waals surface area contributed by atoms with Crippen molar-refractivity contribution in [2.75, 3.05) is 0 Å². The number of halogens is 2. The van der Waals surface area contributed by atoms with Gasteiger partial charge < -0.3 is 0 Å². The molecule has 3 atom stereocenters. The monoisotopic (exact) mass is 444 g/mol. The Bertz CT molecular complexity index is 992. The fraction of sp³-hybridized carbons (Fsp3) is 0.348. The zero-order valence-electron chi connectivity index (χ0n) is 16.6. The molecule has 5 nitrogen and oxygen atoms in total. The maximum atomic E-state index is 13.4. The normalized spacial score (nSPS) is 23.4. The Hall–Kier alpha value is -2.37. The molecule has 0 radical (unpaired) electrons. The molecule has 2 aromatic rings. The number of carbonyl (C=O) groups excluding carboxylic acids is 3. The SMILES string of the molecule is C[C@@H]1CC[C@@H]2C(=O)N(N(Cc3ccccc3Cl)C(=O)c3ccc(Cl)cc3)C(=O)[C@H]2C1.